The van der Waals surface area contributed by atoms with Gasteiger partial charge in [0.15, 0.2) is 5.75 Å². The Morgan fingerprint density at radius 3 is 2.67 bits per heavy atom. The molecule has 0 radical (unpaired) electrons. The number of alkyl halides is 3. The molecule has 2 fully saturated rings. The van der Waals surface area contributed by atoms with Crippen molar-refractivity contribution in [1.29, 1.82) is 0 Å². The number of H-pyrrole nitrogens is 1. The number of hydrogen-bond acceptors (Lipinski definition) is 9. The molecule has 5 heterocycles. The summed E-state index contributed by atoms with van der Waals surface area (Å²) in [4.78, 5) is 30.4. The zero-order chi connectivity index (χ0) is 30.5. The van der Waals surface area contributed by atoms with Crippen LogP contribution in [0.4, 0.5) is 23.4 Å². The predicted molar refractivity (Wildman–Crippen MR) is 149 cm³/mol. The van der Waals surface area contributed by atoms with Gasteiger partial charge in [0, 0.05) is 51.5 Å². The summed E-state index contributed by atoms with van der Waals surface area (Å²) < 4.78 is 68.0. The Balaban J connectivity index is 1.44. The van der Waals surface area contributed by atoms with Crippen molar-refractivity contribution in [3.63, 3.8) is 0 Å². The van der Waals surface area contributed by atoms with Gasteiger partial charge in [0.2, 0.25) is 11.8 Å². The Hall–Kier alpha value is -4.24. The SMILES string of the molecule is C=CC(=O)N1CCN(c2nc(OC3CN(C)C[C@H]3C(F)(F)F)nc3c(Oc4c(Cl)c(F)cc5[nH]ncc45)nccc23)CC1. The van der Waals surface area contributed by atoms with Gasteiger partial charge in [0.1, 0.15) is 34.2 Å². The van der Waals surface area contributed by atoms with Crippen LogP contribution < -0.4 is 14.4 Å². The molecule has 3 aromatic heterocycles. The number of aromatic nitrogens is 5. The van der Waals surface area contributed by atoms with Gasteiger partial charge >= 0.3 is 12.2 Å². The van der Waals surface area contributed by atoms with Gasteiger partial charge in [-0.1, -0.05) is 18.2 Å². The molecule has 0 aliphatic carbocycles. The number of nitrogens with one attached hydrogen (secondary N) is 1. The van der Waals surface area contributed by atoms with Gasteiger partial charge in [-0.2, -0.15) is 28.2 Å². The van der Waals surface area contributed by atoms with E-state index in [4.69, 9.17) is 21.1 Å². The standard InChI is InChI=1S/C27H25ClF4N8O3/c1-3-20(41)39-6-8-40(9-7-39)24-14-4-5-33-25(43-23-15-11-34-37-18(15)10-17(29)21(23)28)22(14)35-26(36-24)42-19-13-38(2)12-16(19)27(30,31)32/h3-5,10-11,16,19H,1,6-9,12-13H2,2H3,(H,34,37)/t16-,19?/m1/s1. The summed E-state index contributed by atoms with van der Waals surface area (Å²) in [5.74, 6) is -2.54. The second-order valence-electron chi connectivity index (χ2n) is 10.3. The molecule has 0 bridgehead atoms. The number of fused-ring (bicyclic) bond motifs is 2. The lowest BCUT2D eigenvalue weighted by Crippen LogP contribution is -2.48. The van der Waals surface area contributed by atoms with Gasteiger partial charge in [0.25, 0.3) is 0 Å². The molecule has 2 aliphatic rings. The minimum Gasteiger partial charge on any atom is -0.458 e. The molecule has 1 N–H and O–H groups in total. The second kappa shape index (κ2) is 11.1. The zero-order valence-electron chi connectivity index (χ0n) is 22.7. The fraction of sp³-hybridized carbons (Fsp3) is 0.370. The fourth-order valence-electron chi connectivity index (χ4n) is 5.36. The van der Waals surface area contributed by atoms with Crippen LogP contribution >= 0.6 is 11.6 Å². The Bertz CT molecular complexity index is 1710. The average molecular weight is 621 g/mol. The number of ether oxygens (including phenoxy) is 2. The van der Waals surface area contributed by atoms with Gasteiger partial charge in [-0.15, -0.1) is 0 Å². The molecule has 0 saturated carbocycles. The van der Waals surface area contributed by atoms with E-state index in [0.29, 0.717) is 48.3 Å². The normalized spacial score (nSPS) is 19.8. The van der Waals surface area contributed by atoms with Gasteiger partial charge in [-0.05, 0) is 19.2 Å². The van der Waals surface area contributed by atoms with E-state index in [1.54, 1.807) is 18.0 Å². The smallest absolute Gasteiger partial charge is 0.396 e. The number of carbonyl (C=O) groups is 1. The molecule has 1 unspecified atom stereocenters. The zero-order valence-corrected chi connectivity index (χ0v) is 23.5. The van der Waals surface area contributed by atoms with Crippen molar-refractivity contribution in [3.05, 3.63) is 48.0 Å². The molecule has 16 heteroatoms. The van der Waals surface area contributed by atoms with Crippen LogP contribution in [0.15, 0.2) is 37.2 Å². The number of aromatic amines is 1. The molecule has 43 heavy (non-hydrogen) atoms. The minimum absolute atomic E-state index is 0.0109. The number of benzene rings is 1. The molecule has 226 valence electrons. The summed E-state index contributed by atoms with van der Waals surface area (Å²) in [5.41, 5.74) is 0.436. The molecule has 2 atom stereocenters. The van der Waals surface area contributed by atoms with Crippen LogP contribution in [0.25, 0.3) is 21.8 Å². The number of pyridine rings is 1. The molecular weight excluding hydrogens is 596 g/mol. The number of nitrogens with zero attached hydrogens (tertiary/aromatic N) is 7. The van der Waals surface area contributed by atoms with Crippen LogP contribution in [0.2, 0.25) is 5.02 Å². The lowest BCUT2D eigenvalue weighted by atomic mass is 10.1. The predicted octanol–water partition coefficient (Wildman–Crippen LogP) is 4.19. The Labute approximate surface area is 247 Å². The first-order valence-electron chi connectivity index (χ1n) is 13.3. The van der Waals surface area contributed by atoms with Crippen molar-refractivity contribution in [2.45, 2.75) is 12.3 Å². The first kappa shape index (κ1) is 28.9. The lowest BCUT2D eigenvalue weighted by molar-refractivity contribution is -0.186. The topological polar surface area (TPSA) is 113 Å². The summed E-state index contributed by atoms with van der Waals surface area (Å²) in [6.45, 7) is 4.77. The van der Waals surface area contributed by atoms with Crippen LogP contribution in [0, 0.1) is 11.7 Å². The van der Waals surface area contributed by atoms with Gasteiger partial charge in [-0.3, -0.25) is 9.89 Å². The second-order valence-corrected chi connectivity index (χ2v) is 10.7. The maximum atomic E-state index is 14.6. The molecule has 1 aromatic carbocycles. The van der Waals surface area contributed by atoms with Crippen LogP contribution in [-0.4, -0.2) is 99.5 Å². The highest BCUT2D eigenvalue weighted by molar-refractivity contribution is 6.33. The van der Waals surface area contributed by atoms with E-state index in [0.717, 1.165) is 0 Å². The largest absolute Gasteiger partial charge is 0.458 e. The van der Waals surface area contributed by atoms with Crippen LogP contribution in [-0.2, 0) is 4.79 Å². The molecule has 2 aliphatic heterocycles. The number of likely N-dealkylation sites (tertiary alicyclic amines) is 1. The Kier molecular flexibility index (Phi) is 7.46. The van der Waals surface area contributed by atoms with Gasteiger partial charge < -0.3 is 24.2 Å². The van der Waals surface area contributed by atoms with E-state index in [1.165, 1.54) is 29.4 Å². The highest BCUT2D eigenvalue weighted by Gasteiger charge is 2.50. The minimum atomic E-state index is -4.50. The molecule has 11 nitrogen and oxygen atoms in total. The molecule has 6 rings (SSSR count). The first-order chi connectivity index (χ1) is 20.5. The molecule has 1 amide bonds. The number of halogens is 5. The van der Waals surface area contributed by atoms with E-state index in [2.05, 4.69) is 31.7 Å². The molecule has 0 spiro atoms. The lowest BCUT2D eigenvalue weighted by Gasteiger charge is -2.35. The van der Waals surface area contributed by atoms with E-state index in [9.17, 15) is 22.4 Å². The van der Waals surface area contributed by atoms with Gasteiger partial charge in [0.05, 0.1) is 22.5 Å². The number of amides is 1. The fourth-order valence-corrected chi connectivity index (χ4v) is 5.56. The van der Waals surface area contributed by atoms with E-state index < -0.39 is 24.0 Å². The molecule has 2 saturated heterocycles. The summed E-state index contributed by atoms with van der Waals surface area (Å²) in [5, 5.41) is 7.09. The van der Waals surface area contributed by atoms with E-state index >= 15 is 0 Å². The average Bonchev–Trinajstić information content (AvgIpc) is 3.60. The third-order valence-electron chi connectivity index (χ3n) is 7.52. The third kappa shape index (κ3) is 5.49. The maximum Gasteiger partial charge on any atom is 0.396 e. The Morgan fingerprint density at radius 1 is 1.19 bits per heavy atom. The van der Waals surface area contributed by atoms with Crippen molar-refractivity contribution in [1.82, 2.24) is 34.9 Å². The number of anilines is 1. The van der Waals surface area contributed by atoms with Crippen LogP contribution in [0.3, 0.4) is 0 Å². The van der Waals surface area contributed by atoms with Crippen LogP contribution in [0.5, 0.6) is 17.6 Å². The molecule has 4 aromatic rings. The van der Waals surface area contributed by atoms with Crippen LogP contribution in [0.1, 0.15) is 0 Å². The highest BCUT2D eigenvalue weighted by atomic mass is 35.5. The number of likely N-dealkylation sites (N-methyl/N-ethyl adjacent to an activating group) is 1. The summed E-state index contributed by atoms with van der Waals surface area (Å²) >= 11 is 6.27. The van der Waals surface area contributed by atoms with E-state index in [-0.39, 0.29) is 47.2 Å². The number of piperazine rings is 1. The summed E-state index contributed by atoms with van der Waals surface area (Å²) in [7, 11) is 1.58. The maximum absolute atomic E-state index is 14.6. The van der Waals surface area contributed by atoms with Crippen molar-refractivity contribution in [2.24, 2.45) is 5.92 Å². The van der Waals surface area contributed by atoms with Crippen molar-refractivity contribution < 1.29 is 31.8 Å². The monoisotopic (exact) mass is 620 g/mol. The quantitative estimate of drug-likeness (QED) is 0.250. The highest BCUT2D eigenvalue weighted by Crippen LogP contribution is 2.41. The molecular formula is C27H25ClF4N8O3. The van der Waals surface area contributed by atoms with Crippen molar-refractivity contribution in [3.8, 4) is 17.6 Å². The van der Waals surface area contributed by atoms with E-state index in [1.807, 2.05) is 4.90 Å². The third-order valence-corrected chi connectivity index (χ3v) is 7.88. The summed E-state index contributed by atoms with van der Waals surface area (Å²) in [6.07, 6.45) is -1.67. The summed E-state index contributed by atoms with van der Waals surface area (Å²) in [6, 6.07) is 2.50. The van der Waals surface area contributed by atoms with Crippen molar-refractivity contribution >= 4 is 45.1 Å². The number of rotatable bonds is 6. The van der Waals surface area contributed by atoms with Crippen molar-refractivity contribution in [2.75, 3.05) is 51.2 Å². The Morgan fingerprint density at radius 2 is 1.95 bits per heavy atom. The van der Waals surface area contributed by atoms with Gasteiger partial charge in [-0.25, -0.2) is 9.37 Å². The first-order valence-corrected chi connectivity index (χ1v) is 13.6. The number of carbonyl (C=O) groups excluding carboxylic acids is 1. The number of hydrogen-bond donors (Lipinski definition) is 1.